The molecule has 6 nitrogen and oxygen atoms in total. The number of hydrogen-bond donors (Lipinski definition) is 0. The quantitative estimate of drug-likeness (QED) is 0.260. The van der Waals surface area contributed by atoms with Crippen molar-refractivity contribution in [2.45, 2.75) is 19.8 Å². The van der Waals surface area contributed by atoms with E-state index in [1.807, 2.05) is 59.3 Å². The molecule has 4 rings (SSSR count). The van der Waals surface area contributed by atoms with Crippen LogP contribution in [0.2, 0.25) is 0 Å². The van der Waals surface area contributed by atoms with Crippen molar-refractivity contribution in [2.75, 3.05) is 28.4 Å². The molecule has 1 aromatic heterocycles. The highest BCUT2D eigenvalue weighted by Crippen LogP contribution is 2.40. The first-order chi connectivity index (χ1) is 17.5. The van der Waals surface area contributed by atoms with E-state index in [0.717, 1.165) is 39.7 Å². The van der Waals surface area contributed by atoms with E-state index in [0.29, 0.717) is 17.4 Å². The van der Waals surface area contributed by atoms with Crippen LogP contribution < -0.4 is 18.9 Å². The van der Waals surface area contributed by atoms with Gasteiger partial charge in [0.2, 0.25) is 0 Å². The Morgan fingerprint density at radius 2 is 1.22 bits per heavy atom. The molecule has 36 heavy (non-hydrogen) atoms. The summed E-state index contributed by atoms with van der Waals surface area (Å²) in [5, 5.41) is 4.95. The molecular weight excluding hydrogens is 452 g/mol. The van der Waals surface area contributed by atoms with Gasteiger partial charge >= 0.3 is 0 Å². The van der Waals surface area contributed by atoms with Gasteiger partial charge in [-0.3, -0.25) is 0 Å². The van der Waals surface area contributed by atoms with E-state index in [1.165, 1.54) is 5.56 Å². The second-order valence-electron chi connectivity index (χ2n) is 8.56. The van der Waals surface area contributed by atoms with Gasteiger partial charge in [-0.15, -0.1) is 0 Å². The highest BCUT2D eigenvalue weighted by atomic mass is 16.5. The van der Waals surface area contributed by atoms with Crippen LogP contribution in [0.25, 0.3) is 29.1 Å². The Kier molecular flexibility index (Phi) is 7.64. The zero-order chi connectivity index (χ0) is 25.7. The Morgan fingerprint density at radius 3 is 1.72 bits per heavy atom. The van der Waals surface area contributed by atoms with Crippen LogP contribution in [0.15, 0.2) is 66.7 Å². The molecule has 0 saturated heterocycles. The van der Waals surface area contributed by atoms with Gasteiger partial charge in [-0.2, -0.15) is 5.10 Å². The third kappa shape index (κ3) is 4.93. The van der Waals surface area contributed by atoms with E-state index in [-0.39, 0.29) is 0 Å². The Hall–Kier alpha value is -4.19. The number of methoxy groups -OCH3 is 4. The van der Waals surface area contributed by atoms with E-state index in [1.54, 1.807) is 28.4 Å². The molecule has 4 aromatic rings. The molecule has 0 fully saturated rings. The Bertz CT molecular complexity index is 1310. The Morgan fingerprint density at radius 1 is 0.694 bits per heavy atom. The maximum absolute atomic E-state index is 5.71. The summed E-state index contributed by atoms with van der Waals surface area (Å²) < 4.78 is 24.4. The van der Waals surface area contributed by atoms with Gasteiger partial charge in [0.25, 0.3) is 0 Å². The molecule has 0 aliphatic heterocycles. The van der Waals surface area contributed by atoms with Gasteiger partial charge in [0.1, 0.15) is 23.0 Å². The van der Waals surface area contributed by atoms with Crippen molar-refractivity contribution in [1.29, 1.82) is 0 Å². The number of aromatic nitrogens is 2. The molecule has 186 valence electrons. The third-order valence-electron chi connectivity index (χ3n) is 6.10. The standard InChI is InChI=1S/C30H32N2O4/c1-20(2)21-13-16-23(17-14-21)32-25(30-28(35-5)11-8-12-29(30)36-6)19-22(31-32)15-18-24-26(33-3)9-7-10-27(24)34-4/h7-20H,1-6H3. The maximum Gasteiger partial charge on any atom is 0.132 e. The second-order valence-corrected chi connectivity index (χ2v) is 8.56. The molecule has 1 heterocycles. The zero-order valence-electron chi connectivity index (χ0n) is 21.6. The van der Waals surface area contributed by atoms with Gasteiger partial charge in [-0.25, -0.2) is 4.68 Å². The second kappa shape index (κ2) is 11.0. The molecule has 0 radical (unpaired) electrons. The van der Waals surface area contributed by atoms with Gasteiger partial charge in [-0.1, -0.05) is 38.1 Å². The van der Waals surface area contributed by atoms with E-state index < -0.39 is 0 Å². The monoisotopic (exact) mass is 484 g/mol. The molecule has 0 amide bonds. The van der Waals surface area contributed by atoms with Crippen LogP contribution in [-0.4, -0.2) is 38.2 Å². The minimum absolute atomic E-state index is 0.444. The molecule has 0 unspecified atom stereocenters. The summed E-state index contributed by atoms with van der Waals surface area (Å²) in [4.78, 5) is 0. The molecule has 3 aromatic carbocycles. The highest BCUT2D eigenvalue weighted by Gasteiger charge is 2.19. The lowest BCUT2D eigenvalue weighted by Gasteiger charge is -2.15. The topological polar surface area (TPSA) is 54.7 Å². The summed E-state index contributed by atoms with van der Waals surface area (Å²) in [5.74, 6) is 3.30. The van der Waals surface area contributed by atoms with Crippen molar-refractivity contribution in [3.63, 3.8) is 0 Å². The third-order valence-corrected chi connectivity index (χ3v) is 6.10. The fourth-order valence-electron chi connectivity index (χ4n) is 4.17. The van der Waals surface area contributed by atoms with Gasteiger partial charge in [0.15, 0.2) is 0 Å². The molecule has 0 N–H and O–H groups in total. The average molecular weight is 485 g/mol. The number of benzene rings is 3. The predicted octanol–water partition coefficient (Wildman–Crippen LogP) is 6.87. The number of hydrogen-bond acceptors (Lipinski definition) is 5. The predicted molar refractivity (Wildman–Crippen MR) is 145 cm³/mol. The van der Waals surface area contributed by atoms with E-state index >= 15 is 0 Å². The van der Waals surface area contributed by atoms with E-state index in [4.69, 9.17) is 24.0 Å². The largest absolute Gasteiger partial charge is 0.496 e. The lowest BCUT2D eigenvalue weighted by Crippen LogP contribution is -2.02. The normalized spacial score (nSPS) is 11.2. The first-order valence-corrected chi connectivity index (χ1v) is 11.8. The fourth-order valence-corrected chi connectivity index (χ4v) is 4.17. The van der Waals surface area contributed by atoms with Crippen molar-refractivity contribution in [1.82, 2.24) is 9.78 Å². The molecule has 0 bridgehead atoms. The van der Waals surface area contributed by atoms with Crippen molar-refractivity contribution in [2.24, 2.45) is 0 Å². The molecule has 0 saturated carbocycles. The van der Waals surface area contributed by atoms with Gasteiger partial charge < -0.3 is 18.9 Å². The minimum Gasteiger partial charge on any atom is -0.496 e. The smallest absolute Gasteiger partial charge is 0.132 e. The summed E-state index contributed by atoms with van der Waals surface area (Å²) >= 11 is 0. The van der Waals surface area contributed by atoms with Crippen LogP contribution in [0.4, 0.5) is 0 Å². The van der Waals surface area contributed by atoms with Crippen molar-refractivity contribution < 1.29 is 18.9 Å². The summed E-state index contributed by atoms with van der Waals surface area (Å²) in [6, 6.07) is 21.9. The lowest BCUT2D eigenvalue weighted by atomic mass is 10.0. The first-order valence-electron chi connectivity index (χ1n) is 11.8. The SMILES string of the molecule is COc1cccc(OC)c1C=Cc1cc(-c2c(OC)cccc2OC)n(-c2ccc(C(C)C)cc2)n1. The fraction of sp³-hybridized carbons (Fsp3) is 0.233. The van der Waals surface area contributed by atoms with Crippen LogP contribution >= 0.6 is 0 Å². The van der Waals surface area contributed by atoms with E-state index in [2.05, 4.69) is 38.1 Å². The summed E-state index contributed by atoms with van der Waals surface area (Å²) in [6.45, 7) is 4.37. The molecule has 0 aliphatic rings. The highest BCUT2D eigenvalue weighted by molar-refractivity contribution is 5.80. The van der Waals surface area contributed by atoms with Gasteiger partial charge in [0, 0.05) is 0 Å². The lowest BCUT2D eigenvalue weighted by molar-refractivity contribution is 0.392. The summed E-state index contributed by atoms with van der Waals surface area (Å²) in [5.41, 5.74) is 5.50. The molecular formula is C30H32N2O4. The maximum atomic E-state index is 5.71. The minimum atomic E-state index is 0.444. The van der Waals surface area contributed by atoms with Crippen LogP contribution in [0.5, 0.6) is 23.0 Å². The Labute approximate surface area is 212 Å². The molecule has 0 spiro atoms. The first kappa shape index (κ1) is 24.9. The zero-order valence-corrected chi connectivity index (χ0v) is 21.6. The van der Waals surface area contributed by atoms with Crippen molar-refractivity contribution >= 4 is 12.2 Å². The van der Waals surface area contributed by atoms with Crippen molar-refractivity contribution in [3.8, 4) is 39.9 Å². The molecule has 6 heteroatoms. The van der Waals surface area contributed by atoms with Crippen LogP contribution in [0, 0.1) is 0 Å². The van der Waals surface area contributed by atoms with Crippen LogP contribution in [0.3, 0.4) is 0 Å². The van der Waals surface area contributed by atoms with Gasteiger partial charge in [-0.05, 0) is 66.1 Å². The van der Waals surface area contributed by atoms with Gasteiger partial charge in [0.05, 0.1) is 56.6 Å². The van der Waals surface area contributed by atoms with Crippen molar-refractivity contribution in [3.05, 3.63) is 83.6 Å². The number of nitrogens with zero attached hydrogens (tertiary/aromatic N) is 2. The number of ether oxygens (including phenoxy) is 4. The number of rotatable bonds is 9. The summed E-state index contributed by atoms with van der Waals surface area (Å²) in [6.07, 6.45) is 3.90. The van der Waals surface area contributed by atoms with Crippen LogP contribution in [0.1, 0.15) is 36.6 Å². The summed E-state index contributed by atoms with van der Waals surface area (Å²) in [7, 11) is 6.61. The van der Waals surface area contributed by atoms with Crippen LogP contribution in [-0.2, 0) is 0 Å². The molecule has 0 atom stereocenters. The Balaban J connectivity index is 1.88. The average Bonchev–Trinajstić information content (AvgIpc) is 3.34. The van der Waals surface area contributed by atoms with E-state index in [9.17, 15) is 0 Å². The molecule has 0 aliphatic carbocycles.